The first kappa shape index (κ1) is 10.4. The monoisotopic (exact) mass is 226 g/mol. The van der Waals surface area contributed by atoms with Crippen molar-refractivity contribution in [1.82, 2.24) is 4.90 Å². The van der Waals surface area contributed by atoms with Crippen molar-refractivity contribution in [2.45, 2.75) is 37.8 Å². The van der Waals surface area contributed by atoms with Crippen LogP contribution in [0.25, 0.3) is 0 Å². The van der Waals surface area contributed by atoms with Gasteiger partial charge in [-0.1, -0.05) is 0 Å². The van der Waals surface area contributed by atoms with Crippen LogP contribution in [0.4, 0.5) is 0 Å². The van der Waals surface area contributed by atoms with Gasteiger partial charge in [-0.25, -0.2) is 0 Å². The molecule has 0 aromatic heterocycles. The summed E-state index contributed by atoms with van der Waals surface area (Å²) in [4.78, 5) is 2.70. The number of hydrogen-bond donors (Lipinski definition) is 1. The van der Waals surface area contributed by atoms with Gasteiger partial charge in [0.2, 0.25) is 0 Å². The highest BCUT2D eigenvalue weighted by atomic mass is 32.2. The third-order valence-electron chi connectivity index (χ3n) is 4.68. The SMILES string of the molecule is NC1C2CCN(CC2)C1C1CCSCC1. The normalized spacial score (nSPS) is 47.0. The van der Waals surface area contributed by atoms with E-state index in [1.165, 1.54) is 50.3 Å². The van der Waals surface area contributed by atoms with Crippen LogP contribution in [0, 0.1) is 11.8 Å². The summed E-state index contributed by atoms with van der Waals surface area (Å²) in [5.74, 6) is 4.48. The Balaban J connectivity index is 1.73. The summed E-state index contributed by atoms with van der Waals surface area (Å²) in [5.41, 5.74) is 6.45. The number of nitrogens with two attached hydrogens (primary N) is 1. The van der Waals surface area contributed by atoms with Gasteiger partial charge in [-0.15, -0.1) is 0 Å². The molecule has 0 radical (unpaired) electrons. The zero-order valence-corrected chi connectivity index (χ0v) is 10.2. The number of piperidine rings is 3. The van der Waals surface area contributed by atoms with Gasteiger partial charge in [0.25, 0.3) is 0 Å². The lowest BCUT2D eigenvalue weighted by Crippen LogP contribution is -2.64. The molecule has 4 rings (SSSR count). The molecule has 4 heterocycles. The smallest absolute Gasteiger partial charge is 0.0278 e. The minimum Gasteiger partial charge on any atom is -0.326 e. The van der Waals surface area contributed by atoms with Crippen molar-refractivity contribution in [3.8, 4) is 0 Å². The summed E-state index contributed by atoms with van der Waals surface area (Å²) >= 11 is 2.12. The van der Waals surface area contributed by atoms with Gasteiger partial charge in [0, 0.05) is 12.1 Å². The topological polar surface area (TPSA) is 29.3 Å². The number of fused-ring (bicyclic) bond motifs is 3. The number of nitrogens with zero attached hydrogens (tertiary/aromatic N) is 1. The molecular formula is C12H22N2S. The summed E-state index contributed by atoms with van der Waals surface area (Å²) in [6, 6.07) is 1.22. The van der Waals surface area contributed by atoms with E-state index in [1.807, 2.05) is 0 Å². The van der Waals surface area contributed by atoms with Crippen molar-refractivity contribution in [2.75, 3.05) is 24.6 Å². The van der Waals surface area contributed by atoms with Gasteiger partial charge in [0.05, 0.1) is 0 Å². The van der Waals surface area contributed by atoms with Gasteiger partial charge in [-0.3, -0.25) is 4.90 Å². The quantitative estimate of drug-likeness (QED) is 0.735. The molecule has 4 aliphatic rings. The largest absolute Gasteiger partial charge is 0.326 e. The third kappa shape index (κ3) is 1.83. The summed E-state index contributed by atoms with van der Waals surface area (Å²) in [5, 5.41) is 0. The number of rotatable bonds is 1. The van der Waals surface area contributed by atoms with Crippen molar-refractivity contribution in [2.24, 2.45) is 17.6 Å². The van der Waals surface area contributed by atoms with Crippen molar-refractivity contribution < 1.29 is 0 Å². The second kappa shape index (κ2) is 4.27. The molecule has 0 spiro atoms. The predicted octanol–water partition coefficient (Wildman–Crippen LogP) is 1.55. The molecule has 4 fully saturated rings. The van der Waals surface area contributed by atoms with Gasteiger partial charge in [0.15, 0.2) is 0 Å². The van der Waals surface area contributed by atoms with Crippen LogP contribution in [-0.4, -0.2) is 41.6 Å². The molecule has 0 saturated carbocycles. The van der Waals surface area contributed by atoms with E-state index >= 15 is 0 Å². The summed E-state index contributed by atoms with van der Waals surface area (Å²) in [6.45, 7) is 2.65. The van der Waals surface area contributed by atoms with Crippen molar-refractivity contribution >= 4 is 11.8 Å². The van der Waals surface area contributed by atoms with Crippen LogP contribution >= 0.6 is 11.8 Å². The predicted molar refractivity (Wildman–Crippen MR) is 66.1 cm³/mol. The molecular weight excluding hydrogens is 204 g/mol. The highest BCUT2D eigenvalue weighted by Gasteiger charge is 2.43. The summed E-state index contributed by atoms with van der Waals surface area (Å²) < 4.78 is 0. The molecule has 86 valence electrons. The maximum Gasteiger partial charge on any atom is 0.0278 e. The van der Waals surface area contributed by atoms with Crippen molar-refractivity contribution in [3.63, 3.8) is 0 Å². The summed E-state index contributed by atoms with van der Waals surface area (Å²) in [7, 11) is 0. The van der Waals surface area contributed by atoms with E-state index in [2.05, 4.69) is 16.7 Å². The fraction of sp³-hybridized carbons (Fsp3) is 1.00. The molecule has 0 amide bonds. The van der Waals surface area contributed by atoms with E-state index in [1.54, 1.807) is 0 Å². The van der Waals surface area contributed by atoms with Crippen LogP contribution in [0.15, 0.2) is 0 Å². The van der Waals surface area contributed by atoms with E-state index in [0.717, 1.165) is 17.9 Å². The average molecular weight is 226 g/mol. The van der Waals surface area contributed by atoms with E-state index in [4.69, 9.17) is 5.73 Å². The van der Waals surface area contributed by atoms with Gasteiger partial charge < -0.3 is 5.73 Å². The Bertz CT molecular complexity index is 218. The molecule has 4 saturated heterocycles. The van der Waals surface area contributed by atoms with Gasteiger partial charge in [-0.05, 0) is 62.1 Å². The molecule has 2 atom stereocenters. The first-order valence-electron chi connectivity index (χ1n) is 6.43. The molecule has 2 unspecified atom stereocenters. The number of hydrogen-bond acceptors (Lipinski definition) is 3. The van der Waals surface area contributed by atoms with E-state index in [0.29, 0.717) is 6.04 Å². The molecule has 15 heavy (non-hydrogen) atoms. The molecule has 3 heteroatoms. The Morgan fingerprint density at radius 1 is 0.933 bits per heavy atom. The van der Waals surface area contributed by atoms with E-state index in [-0.39, 0.29) is 0 Å². The van der Waals surface area contributed by atoms with Gasteiger partial charge in [0.1, 0.15) is 0 Å². The molecule has 2 nitrogen and oxygen atoms in total. The van der Waals surface area contributed by atoms with Crippen LogP contribution < -0.4 is 5.73 Å². The lowest BCUT2D eigenvalue weighted by molar-refractivity contribution is -0.00419. The van der Waals surface area contributed by atoms with Crippen molar-refractivity contribution in [3.05, 3.63) is 0 Å². The minimum atomic E-state index is 0.487. The van der Waals surface area contributed by atoms with Gasteiger partial charge >= 0.3 is 0 Å². The maximum absolute atomic E-state index is 6.45. The standard InChI is InChI=1S/C12H22N2S/c13-11-9-1-5-14(6-2-9)12(11)10-3-7-15-8-4-10/h9-12H,1-8,13H2. The van der Waals surface area contributed by atoms with E-state index in [9.17, 15) is 0 Å². The zero-order chi connectivity index (χ0) is 10.3. The Morgan fingerprint density at radius 2 is 1.60 bits per heavy atom. The second-order valence-electron chi connectivity index (χ2n) is 5.39. The Hall–Kier alpha value is 0.270. The Morgan fingerprint density at radius 3 is 2.20 bits per heavy atom. The fourth-order valence-electron chi connectivity index (χ4n) is 3.79. The molecule has 2 bridgehead atoms. The van der Waals surface area contributed by atoms with Crippen LogP contribution in [0.2, 0.25) is 0 Å². The molecule has 0 aromatic carbocycles. The molecule has 2 N–H and O–H groups in total. The van der Waals surface area contributed by atoms with Crippen LogP contribution in [0.3, 0.4) is 0 Å². The van der Waals surface area contributed by atoms with Gasteiger partial charge in [-0.2, -0.15) is 11.8 Å². The zero-order valence-electron chi connectivity index (χ0n) is 9.40. The Labute approximate surface area is 97.0 Å². The first-order chi connectivity index (χ1) is 7.36. The first-order valence-corrected chi connectivity index (χ1v) is 7.59. The summed E-state index contributed by atoms with van der Waals surface area (Å²) in [6.07, 6.45) is 5.54. The minimum absolute atomic E-state index is 0.487. The highest BCUT2D eigenvalue weighted by Crippen LogP contribution is 2.38. The van der Waals surface area contributed by atoms with Crippen molar-refractivity contribution in [1.29, 1.82) is 0 Å². The fourth-order valence-corrected chi connectivity index (χ4v) is 4.94. The van der Waals surface area contributed by atoms with Crippen LogP contribution in [0.1, 0.15) is 25.7 Å². The number of thioether (sulfide) groups is 1. The van der Waals surface area contributed by atoms with Crippen LogP contribution in [0.5, 0.6) is 0 Å². The Kier molecular flexibility index (Phi) is 2.97. The van der Waals surface area contributed by atoms with E-state index < -0.39 is 0 Å². The third-order valence-corrected chi connectivity index (χ3v) is 5.73. The lowest BCUT2D eigenvalue weighted by atomic mass is 9.73. The molecule has 0 aromatic rings. The van der Waals surface area contributed by atoms with Crippen LogP contribution in [-0.2, 0) is 0 Å². The molecule has 0 aliphatic carbocycles. The maximum atomic E-state index is 6.45. The molecule has 4 aliphatic heterocycles. The second-order valence-corrected chi connectivity index (χ2v) is 6.62. The lowest BCUT2D eigenvalue weighted by Gasteiger charge is -2.53. The average Bonchev–Trinajstić information content (AvgIpc) is 2.31. The highest BCUT2D eigenvalue weighted by molar-refractivity contribution is 7.99.